The summed E-state index contributed by atoms with van der Waals surface area (Å²) in [6, 6.07) is 0. The third-order valence-electron chi connectivity index (χ3n) is 1.69. The highest BCUT2D eigenvalue weighted by Crippen LogP contribution is 1.86. The van der Waals surface area contributed by atoms with Gasteiger partial charge in [-0.3, -0.25) is 4.55 Å². The second-order valence-corrected chi connectivity index (χ2v) is 4.79. The van der Waals surface area contributed by atoms with Crippen LogP contribution in [0.3, 0.4) is 0 Å². The largest absolute Gasteiger partial charge is 0.397 e. The minimum absolute atomic E-state index is 0.0405. The van der Waals surface area contributed by atoms with Crippen LogP contribution in [0, 0.1) is 0 Å². The van der Waals surface area contributed by atoms with Gasteiger partial charge >= 0.3 is 10.4 Å². The average molecular weight is 364 g/mol. The van der Waals surface area contributed by atoms with Crippen LogP contribution in [-0.2, 0) is 28.8 Å². The molecule has 0 aromatic rings. The highest BCUT2D eigenvalue weighted by atomic mass is 32.3. The van der Waals surface area contributed by atoms with E-state index in [1.165, 1.54) is 0 Å². The van der Waals surface area contributed by atoms with Crippen molar-refractivity contribution in [3.63, 3.8) is 0 Å². The number of aliphatic hydroxyl groups is 2. The van der Waals surface area contributed by atoms with Crippen LogP contribution in [-0.4, -0.2) is 82.6 Å². The normalized spacial score (nSPS) is 10.3. The Morgan fingerprint density at radius 3 is 1.35 bits per heavy atom. The molecular weight excluding hydrogens is 332 g/mol. The Kier molecular flexibility index (Phi) is 28.6. The molecule has 0 unspecified atom stereocenters. The quantitative estimate of drug-likeness (QED) is 0.329. The first-order valence-electron chi connectivity index (χ1n) is 7.46. The van der Waals surface area contributed by atoms with E-state index in [-0.39, 0.29) is 19.8 Å². The van der Waals surface area contributed by atoms with E-state index >= 15 is 0 Å². The van der Waals surface area contributed by atoms with Gasteiger partial charge in [0.1, 0.15) is 0 Å². The number of aliphatic hydroxyl groups excluding tert-OH is 2. The monoisotopic (exact) mass is 364 g/mol. The van der Waals surface area contributed by atoms with Crippen molar-refractivity contribution in [2.45, 2.75) is 27.2 Å². The Balaban J connectivity index is -0.000000276. The van der Waals surface area contributed by atoms with Crippen molar-refractivity contribution in [1.29, 1.82) is 0 Å². The van der Waals surface area contributed by atoms with Crippen LogP contribution in [0.2, 0.25) is 0 Å². The zero-order chi connectivity index (χ0) is 18.4. The molecule has 0 spiro atoms. The van der Waals surface area contributed by atoms with Crippen molar-refractivity contribution < 1.29 is 41.6 Å². The molecule has 0 fully saturated rings. The summed E-state index contributed by atoms with van der Waals surface area (Å²) in [5.41, 5.74) is 0. The van der Waals surface area contributed by atoms with E-state index in [1.54, 1.807) is 6.92 Å². The lowest BCUT2D eigenvalue weighted by Gasteiger charge is -2.01. The minimum Gasteiger partial charge on any atom is -0.394 e. The van der Waals surface area contributed by atoms with Crippen LogP contribution < -0.4 is 0 Å². The second-order valence-electron chi connectivity index (χ2n) is 3.70. The van der Waals surface area contributed by atoms with Crippen molar-refractivity contribution in [2.75, 3.05) is 59.5 Å². The first-order valence-corrected chi connectivity index (χ1v) is 8.82. The summed E-state index contributed by atoms with van der Waals surface area (Å²) in [6.07, 6.45) is 0.569. The van der Waals surface area contributed by atoms with Crippen molar-refractivity contribution in [3.05, 3.63) is 0 Å². The summed E-state index contributed by atoms with van der Waals surface area (Å²) in [5, 5.41) is 16.5. The Morgan fingerprint density at radius 2 is 1.17 bits per heavy atom. The molecule has 0 aliphatic carbocycles. The van der Waals surface area contributed by atoms with E-state index in [1.807, 2.05) is 13.8 Å². The molecule has 3 N–H and O–H groups in total. The predicted molar refractivity (Wildman–Crippen MR) is 85.8 cm³/mol. The molecule has 0 aromatic heterocycles. The number of hydrogen-bond donors (Lipinski definition) is 3. The number of hydrogen-bond acceptors (Lipinski definition) is 8. The number of ether oxygens (including phenoxy) is 3. The zero-order valence-corrected chi connectivity index (χ0v) is 15.1. The summed E-state index contributed by atoms with van der Waals surface area (Å²) in [7, 11) is -4.19. The van der Waals surface area contributed by atoms with Crippen LogP contribution in [0.25, 0.3) is 0 Å². The molecule has 23 heavy (non-hydrogen) atoms. The smallest absolute Gasteiger partial charge is 0.394 e. The molecule has 0 aromatic carbocycles. The fraction of sp³-hybridized carbons (Fsp3) is 1.00. The zero-order valence-electron chi connectivity index (χ0n) is 14.3. The van der Waals surface area contributed by atoms with E-state index in [2.05, 4.69) is 4.18 Å². The van der Waals surface area contributed by atoms with Gasteiger partial charge in [0.25, 0.3) is 0 Å². The van der Waals surface area contributed by atoms with Crippen molar-refractivity contribution in [2.24, 2.45) is 0 Å². The lowest BCUT2D eigenvalue weighted by Crippen LogP contribution is -2.09. The minimum atomic E-state index is -4.19. The van der Waals surface area contributed by atoms with Crippen molar-refractivity contribution in [3.8, 4) is 0 Å². The first kappa shape index (κ1) is 27.5. The second kappa shape index (κ2) is 23.9. The predicted octanol–water partition coefficient (Wildman–Crippen LogP) is 0.263. The Labute approximate surface area is 139 Å². The molecule has 0 amide bonds. The summed E-state index contributed by atoms with van der Waals surface area (Å²) in [6.45, 7) is 9.18. The van der Waals surface area contributed by atoms with Gasteiger partial charge in [-0.15, -0.1) is 0 Å². The maximum absolute atomic E-state index is 9.72. The molecule has 0 aliphatic rings. The third-order valence-corrected chi connectivity index (χ3v) is 2.15. The van der Waals surface area contributed by atoms with Gasteiger partial charge in [-0.05, 0) is 20.3 Å². The standard InChI is InChI=1S/C6H14O4.C4H10O.C3H8O4S/c7-1-3-9-5-6-10-4-2-8;1-3-5-4-2;1-2-3-7-8(4,5)6/h7-8H,1-6H2;3-4H2,1-2H3;2-3H2,1H3,(H,4,5,6). The molecular formula is C13H32O9S. The van der Waals surface area contributed by atoms with Gasteiger partial charge in [0.2, 0.25) is 0 Å². The summed E-state index contributed by atoms with van der Waals surface area (Å²) in [5.74, 6) is 0. The molecule has 0 saturated heterocycles. The van der Waals surface area contributed by atoms with Crippen LogP contribution >= 0.6 is 0 Å². The van der Waals surface area contributed by atoms with E-state index in [0.717, 1.165) is 13.2 Å². The Hall–Kier alpha value is -0.330. The molecule has 0 radical (unpaired) electrons. The van der Waals surface area contributed by atoms with E-state index in [4.69, 9.17) is 29.0 Å². The highest BCUT2D eigenvalue weighted by Gasteiger charge is 2.00. The summed E-state index contributed by atoms with van der Waals surface area (Å²) in [4.78, 5) is 0. The van der Waals surface area contributed by atoms with Gasteiger partial charge in [-0.1, -0.05) is 6.92 Å². The lowest BCUT2D eigenvalue weighted by atomic mass is 10.5. The fourth-order valence-corrected chi connectivity index (χ4v) is 1.22. The third kappa shape index (κ3) is 44.9. The average Bonchev–Trinajstić information content (AvgIpc) is 2.50. The molecule has 0 atom stereocenters. The lowest BCUT2D eigenvalue weighted by molar-refractivity contribution is 0.0222. The summed E-state index contributed by atoms with van der Waals surface area (Å²) < 4.78 is 45.8. The highest BCUT2D eigenvalue weighted by molar-refractivity contribution is 7.80. The Morgan fingerprint density at radius 1 is 0.739 bits per heavy atom. The molecule has 10 heteroatoms. The molecule has 0 saturated carbocycles. The SMILES string of the molecule is CCCOS(=O)(=O)O.CCOCC.OCCOCCOCCO. The maximum atomic E-state index is 9.72. The van der Waals surface area contributed by atoms with Crippen LogP contribution in [0.5, 0.6) is 0 Å². The first-order chi connectivity index (χ1) is 10.9. The van der Waals surface area contributed by atoms with Gasteiger partial charge < -0.3 is 24.4 Å². The van der Waals surface area contributed by atoms with Crippen molar-refractivity contribution >= 4 is 10.4 Å². The molecule has 0 heterocycles. The van der Waals surface area contributed by atoms with E-state index < -0.39 is 10.4 Å². The molecule has 144 valence electrons. The Bertz CT molecular complexity index is 273. The van der Waals surface area contributed by atoms with Crippen LogP contribution in [0.1, 0.15) is 27.2 Å². The van der Waals surface area contributed by atoms with Gasteiger partial charge in [0.05, 0.1) is 46.2 Å². The van der Waals surface area contributed by atoms with Gasteiger partial charge in [0.15, 0.2) is 0 Å². The fourth-order valence-electron chi connectivity index (χ4n) is 0.844. The molecule has 9 nitrogen and oxygen atoms in total. The maximum Gasteiger partial charge on any atom is 0.397 e. The number of rotatable bonds is 12. The molecule has 0 aliphatic heterocycles. The molecule has 0 rings (SSSR count). The van der Waals surface area contributed by atoms with E-state index in [0.29, 0.717) is 32.8 Å². The van der Waals surface area contributed by atoms with Crippen molar-refractivity contribution in [1.82, 2.24) is 0 Å². The topological polar surface area (TPSA) is 132 Å². The van der Waals surface area contributed by atoms with Crippen LogP contribution in [0.15, 0.2) is 0 Å². The van der Waals surface area contributed by atoms with Gasteiger partial charge in [-0.25, -0.2) is 4.18 Å². The molecule has 0 bridgehead atoms. The van der Waals surface area contributed by atoms with E-state index in [9.17, 15) is 8.42 Å². The van der Waals surface area contributed by atoms with Gasteiger partial charge in [0, 0.05) is 13.2 Å². The van der Waals surface area contributed by atoms with Crippen LogP contribution in [0.4, 0.5) is 0 Å². The summed E-state index contributed by atoms with van der Waals surface area (Å²) >= 11 is 0. The van der Waals surface area contributed by atoms with Gasteiger partial charge in [-0.2, -0.15) is 8.42 Å².